The summed E-state index contributed by atoms with van der Waals surface area (Å²) in [5.74, 6) is 0.205. The van der Waals surface area contributed by atoms with Crippen LogP contribution in [0.25, 0.3) is 27.6 Å². The molecule has 4 atom stereocenters. The van der Waals surface area contributed by atoms with E-state index in [0.29, 0.717) is 25.0 Å². The lowest BCUT2D eigenvalue weighted by Crippen LogP contribution is -2.35. The Hall–Kier alpha value is -2.73. The summed E-state index contributed by atoms with van der Waals surface area (Å²) in [5, 5.41) is 3.96. The summed E-state index contributed by atoms with van der Waals surface area (Å²) in [6.45, 7) is 1.23. The van der Waals surface area contributed by atoms with Crippen molar-refractivity contribution in [3.05, 3.63) is 70.6 Å². The number of hydrogen-bond acceptors (Lipinski definition) is 4. The number of azide groups is 1. The number of aromatic nitrogens is 1. The van der Waals surface area contributed by atoms with Gasteiger partial charge in [-0.15, -0.1) is 0 Å². The summed E-state index contributed by atoms with van der Waals surface area (Å²) in [6, 6.07) is 10.5. The van der Waals surface area contributed by atoms with Crippen LogP contribution < -0.4 is 0 Å². The van der Waals surface area contributed by atoms with Crippen molar-refractivity contribution in [2.75, 3.05) is 13.2 Å². The number of fused-ring (bicyclic) bond motifs is 1. The van der Waals surface area contributed by atoms with Gasteiger partial charge in [-0.1, -0.05) is 29.4 Å². The maximum Gasteiger partial charge on any atom is 0.175 e. The maximum atomic E-state index is 13.5. The Balaban J connectivity index is 1.35. The van der Waals surface area contributed by atoms with E-state index in [2.05, 4.69) is 21.1 Å². The molecule has 0 N–H and O–H groups in total. The van der Waals surface area contributed by atoms with Gasteiger partial charge in [0.25, 0.3) is 0 Å². The van der Waals surface area contributed by atoms with Gasteiger partial charge in [-0.2, -0.15) is 0 Å². The third-order valence-corrected chi connectivity index (χ3v) is 6.94. The van der Waals surface area contributed by atoms with E-state index >= 15 is 0 Å². The fraction of sp³-hybridized carbons (Fsp3) is 0.458. The molecular formula is C24H25FN4O2. The molecule has 31 heavy (non-hydrogen) atoms. The van der Waals surface area contributed by atoms with E-state index in [9.17, 15) is 4.39 Å². The number of nitrogens with zero attached hydrogens (tertiary/aromatic N) is 4. The van der Waals surface area contributed by atoms with Gasteiger partial charge in [0.15, 0.2) is 5.79 Å². The zero-order valence-electron chi connectivity index (χ0n) is 17.2. The van der Waals surface area contributed by atoms with Crippen LogP contribution in [0.5, 0.6) is 0 Å². The van der Waals surface area contributed by atoms with Crippen LogP contribution in [0.4, 0.5) is 4.39 Å². The molecule has 0 radical (unpaired) electrons. The molecular weight excluding hydrogens is 395 g/mol. The first-order valence-corrected chi connectivity index (χ1v) is 10.9. The lowest BCUT2D eigenvalue weighted by molar-refractivity contribution is -0.175. The third-order valence-electron chi connectivity index (χ3n) is 6.94. The van der Waals surface area contributed by atoms with Crippen LogP contribution in [0.15, 0.2) is 53.8 Å². The second-order valence-electron chi connectivity index (χ2n) is 8.68. The van der Waals surface area contributed by atoms with Crippen molar-refractivity contribution in [1.82, 2.24) is 4.98 Å². The van der Waals surface area contributed by atoms with Crippen molar-refractivity contribution in [2.45, 2.75) is 37.5 Å². The molecule has 7 heteroatoms. The molecule has 2 heterocycles. The van der Waals surface area contributed by atoms with Gasteiger partial charge >= 0.3 is 0 Å². The number of rotatable bonds is 4. The number of benzene rings is 1. The summed E-state index contributed by atoms with van der Waals surface area (Å²) in [6.07, 6.45) is 9.65. The lowest BCUT2D eigenvalue weighted by atomic mass is 9.76. The Bertz CT molecular complexity index is 1010. The second kappa shape index (κ2) is 8.42. The van der Waals surface area contributed by atoms with Crippen LogP contribution in [-0.2, 0) is 9.47 Å². The quantitative estimate of drug-likeness (QED) is 0.358. The molecule has 160 valence electrons. The minimum Gasteiger partial charge on any atom is -0.347 e. The van der Waals surface area contributed by atoms with Crippen LogP contribution in [0.1, 0.15) is 31.4 Å². The van der Waals surface area contributed by atoms with Gasteiger partial charge in [0.1, 0.15) is 5.82 Å². The van der Waals surface area contributed by atoms with E-state index in [1.54, 1.807) is 12.3 Å². The van der Waals surface area contributed by atoms with E-state index in [1.807, 2.05) is 24.3 Å². The van der Waals surface area contributed by atoms with E-state index in [0.717, 1.165) is 42.5 Å². The van der Waals surface area contributed by atoms with Crippen LogP contribution in [0, 0.1) is 23.6 Å². The molecule has 3 fully saturated rings. The molecule has 1 saturated heterocycles. The monoisotopic (exact) mass is 420 g/mol. The van der Waals surface area contributed by atoms with Crippen LogP contribution in [0.2, 0.25) is 0 Å². The molecule has 3 aliphatic rings. The van der Waals surface area contributed by atoms with E-state index in [1.165, 1.54) is 12.1 Å². The van der Waals surface area contributed by atoms with Crippen LogP contribution in [-0.4, -0.2) is 30.0 Å². The Labute approximate surface area is 180 Å². The second-order valence-corrected chi connectivity index (χ2v) is 8.68. The molecule has 0 unspecified atom stereocenters. The highest BCUT2D eigenvalue weighted by molar-refractivity contribution is 5.63. The van der Waals surface area contributed by atoms with Crippen LogP contribution >= 0.6 is 0 Å². The van der Waals surface area contributed by atoms with Gasteiger partial charge < -0.3 is 9.47 Å². The predicted octanol–water partition coefficient (Wildman–Crippen LogP) is 5.76. The third kappa shape index (κ3) is 3.97. The van der Waals surface area contributed by atoms with Gasteiger partial charge in [0, 0.05) is 35.1 Å². The van der Waals surface area contributed by atoms with Crippen molar-refractivity contribution < 1.29 is 13.9 Å². The molecule has 6 nitrogen and oxygen atoms in total. The van der Waals surface area contributed by atoms with E-state index in [-0.39, 0.29) is 17.8 Å². The van der Waals surface area contributed by atoms with Gasteiger partial charge in [-0.3, -0.25) is 4.98 Å². The fourth-order valence-corrected chi connectivity index (χ4v) is 5.59. The summed E-state index contributed by atoms with van der Waals surface area (Å²) in [7, 11) is 0. The van der Waals surface area contributed by atoms with Crippen molar-refractivity contribution in [3.8, 4) is 11.1 Å². The summed E-state index contributed by atoms with van der Waals surface area (Å²) in [4.78, 5) is 7.57. The van der Waals surface area contributed by atoms with Crippen molar-refractivity contribution >= 4 is 6.08 Å². The molecule has 2 aliphatic carbocycles. The standard InChI is InChI=1S/C24H25FN4O2/c25-19-3-1-2-16(12-19)17-4-5-20(27-15-17)7-9-23-22-8-6-21(28-29-26)13-18(22)14-24(23)30-10-11-31-24/h1-5,7,9,12,15,18,21-23H,6,8,10-11,13-14H2/b9-7+/t18-,21-,22-,23+/m1/s1. The Morgan fingerprint density at radius 3 is 2.77 bits per heavy atom. The Morgan fingerprint density at radius 1 is 1.16 bits per heavy atom. The topological polar surface area (TPSA) is 80.1 Å². The average Bonchev–Trinajstić information content (AvgIpc) is 3.37. The normalized spacial score (nSPS) is 29.2. The molecule has 1 aromatic heterocycles. The Kier molecular flexibility index (Phi) is 5.48. The van der Waals surface area contributed by atoms with E-state index < -0.39 is 5.79 Å². The average molecular weight is 420 g/mol. The van der Waals surface area contributed by atoms with Gasteiger partial charge in [0.05, 0.1) is 18.9 Å². The molecule has 0 bridgehead atoms. The summed E-state index contributed by atoms with van der Waals surface area (Å²) >= 11 is 0. The highest BCUT2D eigenvalue weighted by Crippen LogP contribution is 2.55. The highest BCUT2D eigenvalue weighted by atomic mass is 19.1. The zero-order valence-corrected chi connectivity index (χ0v) is 17.2. The van der Waals surface area contributed by atoms with Gasteiger partial charge in [-0.25, -0.2) is 4.39 Å². The summed E-state index contributed by atoms with van der Waals surface area (Å²) < 4.78 is 25.8. The fourth-order valence-electron chi connectivity index (χ4n) is 5.59. The van der Waals surface area contributed by atoms with Gasteiger partial charge in [0.2, 0.25) is 0 Å². The van der Waals surface area contributed by atoms with Crippen molar-refractivity contribution in [1.29, 1.82) is 0 Å². The summed E-state index contributed by atoms with van der Waals surface area (Å²) in [5.41, 5.74) is 11.3. The maximum absolute atomic E-state index is 13.5. The molecule has 2 aromatic rings. The number of halogens is 1. The first-order valence-electron chi connectivity index (χ1n) is 10.9. The molecule has 0 amide bonds. The number of hydrogen-bond donors (Lipinski definition) is 0. The molecule has 1 spiro atoms. The zero-order chi connectivity index (χ0) is 21.3. The molecule has 2 saturated carbocycles. The first-order chi connectivity index (χ1) is 15.2. The SMILES string of the molecule is [N-]=[N+]=N[C@@H]1CC[C@@H]2[C@H](C1)CC1(OCCO1)[C@H]2/C=C/c1ccc(-c2cccc(F)c2)cn1. The smallest absolute Gasteiger partial charge is 0.175 e. The minimum absolute atomic E-state index is 0.0736. The molecule has 1 aromatic carbocycles. The van der Waals surface area contributed by atoms with E-state index in [4.69, 9.17) is 15.0 Å². The molecule has 1 aliphatic heterocycles. The number of ether oxygens (including phenoxy) is 2. The molecule has 5 rings (SSSR count). The predicted molar refractivity (Wildman–Crippen MR) is 115 cm³/mol. The Morgan fingerprint density at radius 2 is 2.03 bits per heavy atom. The number of pyridine rings is 1. The largest absolute Gasteiger partial charge is 0.347 e. The first kappa shape index (κ1) is 20.2. The van der Waals surface area contributed by atoms with Crippen molar-refractivity contribution in [2.24, 2.45) is 22.9 Å². The van der Waals surface area contributed by atoms with Crippen molar-refractivity contribution in [3.63, 3.8) is 0 Å². The van der Waals surface area contributed by atoms with Crippen LogP contribution in [0.3, 0.4) is 0 Å². The lowest BCUT2D eigenvalue weighted by Gasteiger charge is -2.32. The highest BCUT2D eigenvalue weighted by Gasteiger charge is 2.57. The minimum atomic E-state index is -0.571. The van der Waals surface area contributed by atoms with Gasteiger partial charge in [-0.05, 0) is 66.5 Å².